The van der Waals surface area contributed by atoms with E-state index in [1.165, 1.54) is 0 Å². The van der Waals surface area contributed by atoms with Gasteiger partial charge in [0.1, 0.15) is 5.82 Å². The van der Waals surface area contributed by atoms with E-state index in [0.717, 1.165) is 21.3 Å². The van der Waals surface area contributed by atoms with E-state index in [1.54, 1.807) is 6.07 Å². The number of aryl methyl sites for hydroxylation is 1. The maximum Gasteiger partial charge on any atom is 0.254 e. The molecule has 0 fully saturated rings. The van der Waals surface area contributed by atoms with Gasteiger partial charge in [0.05, 0.1) is 5.02 Å². The van der Waals surface area contributed by atoms with Gasteiger partial charge < -0.3 is 4.98 Å². The molecule has 1 aromatic carbocycles. The molecule has 2 aromatic rings. The first kappa shape index (κ1) is 13.3. The highest BCUT2D eigenvalue weighted by molar-refractivity contribution is 9.10. The van der Waals surface area contributed by atoms with Crippen molar-refractivity contribution in [3.8, 4) is 11.4 Å². The van der Waals surface area contributed by atoms with Crippen molar-refractivity contribution in [1.29, 1.82) is 0 Å². The Morgan fingerprint density at radius 2 is 2.17 bits per heavy atom. The summed E-state index contributed by atoms with van der Waals surface area (Å²) in [4.78, 5) is 19.1. The van der Waals surface area contributed by atoms with Gasteiger partial charge in [0, 0.05) is 21.3 Å². The molecule has 0 saturated carbocycles. The molecule has 94 valence electrons. The van der Waals surface area contributed by atoms with E-state index in [0.29, 0.717) is 17.3 Å². The number of nitrogens with zero attached hydrogens (tertiary/aromatic N) is 1. The molecule has 0 aliphatic carbocycles. The fourth-order valence-corrected chi connectivity index (χ4v) is 2.30. The molecule has 0 aliphatic rings. The third-order valence-electron chi connectivity index (χ3n) is 2.77. The van der Waals surface area contributed by atoms with Gasteiger partial charge in [0.15, 0.2) is 0 Å². The lowest BCUT2D eigenvalue weighted by Crippen LogP contribution is -2.16. The highest BCUT2D eigenvalue weighted by Crippen LogP contribution is 2.27. The summed E-state index contributed by atoms with van der Waals surface area (Å²) in [5.41, 5.74) is 2.24. The normalized spacial score (nSPS) is 10.7. The zero-order valence-electron chi connectivity index (χ0n) is 10.1. The number of hydrogen-bond donors (Lipinski definition) is 1. The molecule has 0 spiro atoms. The van der Waals surface area contributed by atoms with Crippen molar-refractivity contribution >= 4 is 27.5 Å². The Morgan fingerprint density at radius 1 is 1.44 bits per heavy atom. The van der Waals surface area contributed by atoms with E-state index in [9.17, 15) is 4.79 Å². The summed E-state index contributed by atoms with van der Waals surface area (Å²) in [5, 5.41) is 0.628. The largest absolute Gasteiger partial charge is 0.306 e. The van der Waals surface area contributed by atoms with Crippen molar-refractivity contribution in [1.82, 2.24) is 9.97 Å². The SMILES string of the molecule is CCc1c(C)nc(-c2ccc(Cl)c(Br)c2)[nH]c1=O. The Morgan fingerprint density at radius 3 is 2.72 bits per heavy atom. The smallest absolute Gasteiger partial charge is 0.254 e. The molecule has 0 amide bonds. The predicted octanol–water partition coefficient (Wildman–Crippen LogP) is 3.72. The predicted molar refractivity (Wildman–Crippen MR) is 77.1 cm³/mol. The molecule has 0 bridgehead atoms. The van der Waals surface area contributed by atoms with Gasteiger partial charge in [-0.3, -0.25) is 4.79 Å². The van der Waals surface area contributed by atoms with Crippen LogP contribution in [0.2, 0.25) is 5.02 Å². The van der Waals surface area contributed by atoms with E-state index in [1.807, 2.05) is 26.0 Å². The second-order valence-corrected chi connectivity index (χ2v) is 5.22. The third-order valence-corrected chi connectivity index (χ3v) is 3.98. The van der Waals surface area contributed by atoms with Gasteiger partial charge in [-0.25, -0.2) is 4.98 Å². The second kappa shape index (κ2) is 5.24. The van der Waals surface area contributed by atoms with Crippen molar-refractivity contribution < 1.29 is 0 Å². The first-order valence-electron chi connectivity index (χ1n) is 5.58. The van der Waals surface area contributed by atoms with Crippen LogP contribution in [0.4, 0.5) is 0 Å². The van der Waals surface area contributed by atoms with E-state index < -0.39 is 0 Å². The molecule has 2 rings (SSSR count). The van der Waals surface area contributed by atoms with Crippen molar-refractivity contribution in [2.24, 2.45) is 0 Å². The molecule has 1 N–H and O–H groups in total. The van der Waals surface area contributed by atoms with Gasteiger partial charge in [-0.05, 0) is 47.5 Å². The number of hydrogen-bond acceptors (Lipinski definition) is 2. The van der Waals surface area contributed by atoms with Gasteiger partial charge >= 0.3 is 0 Å². The average Bonchev–Trinajstić information content (AvgIpc) is 2.32. The van der Waals surface area contributed by atoms with Crippen LogP contribution in [-0.2, 0) is 6.42 Å². The molecule has 0 aliphatic heterocycles. The number of aromatic amines is 1. The van der Waals surface area contributed by atoms with Crippen molar-refractivity contribution in [3.63, 3.8) is 0 Å². The van der Waals surface area contributed by atoms with E-state index in [4.69, 9.17) is 11.6 Å². The van der Waals surface area contributed by atoms with Crippen LogP contribution in [0.1, 0.15) is 18.2 Å². The Bertz CT molecular complexity index is 652. The Kier molecular flexibility index (Phi) is 3.88. The summed E-state index contributed by atoms with van der Waals surface area (Å²) in [6.07, 6.45) is 0.679. The standard InChI is InChI=1S/C13H12BrClN2O/c1-3-9-7(2)16-12(17-13(9)18)8-4-5-11(15)10(14)6-8/h4-6H,3H2,1-2H3,(H,16,17,18). The number of rotatable bonds is 2. The first-order chi connectivity index (χ1) is 8.52. The molecule has 18 heavy (non-hydrogen) atoms. The van der Waals surface area contributed by atoms with Crippen molar-refractivity contribution in [3.05, 3.63) is 49.3 Å². The fraction of sp³-hybridized carbons (Fsp3) is 0.231. The molecule has 1 heterocycles. The third kappa shape index (κ3) is 2.49. The van der Waals surface area contributed by atoms with E-state index >= 15 is 0 Å². The highest BCUT2D eigenvalue weighted by Gasteiger charge is 2.09. The first-order valence-corrected chi connectivity index (χ1v) is 6.75. The van der Waals surface area contributed by atoms with Gasteiger partial charge in [-0.2, -0.15) is 0 Å². The van der Waals surface area contributed by atoms with Gasteiger partial charge in [0.2, 0.25) is 0 Å². The molecular weight excluding hydrogens is 316 g/mol. The lowest BCUT2D eigenvalue weighted by Gasteiger charge is -2.06. The average molecular weight is 328 g/mol. The Hall–Kier alpha value is -1.13. The zero-order valence-corrected chi connectivity index (χ0v) is 12.4. The number of nitrogens with one attached hydrogen (secondary N) is 1. The molecule has 5 heteroatoms. The minimum absolute atomic E-state index is 0.0777. The number of benzene rings is 1. The highest BCUT2D eigenvalue weighted by atomic mass is 79.9. The number of H-pyrrole nitrogens is 1. The molecular formula is C13H12BrClN2O. The van der Waals surface area contributed by atoms with Crippen LogP contribution < -0.4 is 5.56 Å². The molecule has 0 unspecified atom stereocenters. The van der Waals surface area contributed by atoms with Crippen molar-refractivity contribution in [2.75, 3.05) is 0 Å². The van der Waals surface area contributed by atoms with Crippen LogP contribution in [0.25, 0.3) is 11.4 Å². The quantitative estimate of drug-likeness (QED) is 0.913. The van der Waals surface area contributed by atoms with Gasteiger partial charge in [-0.15, -0.1) is 0 Å². The molecule has 0 saturated heterocycles. The van der Waals surface area contributed by atoms with Crippen molar-refractivity contribution in [2.45, 2.75) is 20.3 Å². The summed E-state index contributed by atoms with van der Waals surface area (Å²) < 4.78 is 0.779. The molecule has 0 atom stereocenters. The lowest BCUT2D eigenvalue weighted by atomic mass is 10.1. The van der Waals surface area contributed by atoms with Crippen LogP contribution in [0.3, 0.4) is 0 Å². The van der Waals surface area contributed by atoms with Gasteiger partial charge in [0.25, 0.3) is 5.56 Å². The molecule has 1 aromatic heterocycles. The van der Waals surface area contributed by atoms with Crippen LogP contribution in [0.5, 0.6) is 0 Å². The van der Waals surface area contributed by atoms with Crippen LogP contribution in [0, 0.1) is 6.92 Å². The molecule has 0 radical (unpaired) electrons. The maximum absolute atomic E-state index is 11.9. The minimum Gasteiger partial charge on any atom is -0.306 e. The summed E-state index contributed by atoms with van der Waals surface area (Å²) >= 11 is 9.30. The summed E-state index contributed by atoms with van der Waals surface area (Å²) in [7, 11) is 0. The van der Waals surface area contributed by atoms with Crippen LogP contribution in [0.15, 0.2) is 27.5 Å². The number of halogens is 2. The van der Waals surface area contributed by atoms with Gasteiger partial charge in [-0.1, -0.05) is 18.5 Å². The monoisotopic (exact) mass is 326 g/mol. The molecule has 3 nitrogen and oxygen atoms in total. The zero-order chi connectivity index (χ0) is 13.3. The Labute approximate surface area is 118 Å². The van der Waals surface area contributed by atoms with E-state index in [2.05, 4.69) is 25.9 Å². The second-order valence-electron chi connectivity index (χ2n) is 3.96. The van der Waals surface area contributed by atoms with Crippen LogP contribution in [-0.4, -0.2) is 9.97 Å². The summed E-state index contributed by atoms with van der Waals surface area (Å²) in [5.74, 6) is 0.562. The van der Waals surface area contributed by atoms with E-state index in [-0.39, 0.29) is 5.56 Å². The Balaban J connectivity index is 2.58. The fourth-order valence-electron chi connectivity index (χ4n) is 1.81. The van der Waals surface area contributed by atoms with Crippen LogP contribution >= 0.6 is 27.5 Å². The maximum atomic E-state index is 11.9. The number of aromatic nitrogens is 2. The minimum atomic E-state index is -0.0777. The summed E-state index contributed by atoms with van der Waals surface area (Å²) in [6, 6.07) is 5.44. The summed E-state index contributed by atoms with van der Waals surface area (Å²) in [6.45, 7) is 3.79. The topological polar surface area (TPSA) is 45.8 Å². The lowest BCUT2D eigenvalue weighted by molar-refractivity contribution is 0.968.